The molecule has 1 aliphatic heterocycles. The smallest absolute Gasteiger partial charge is 0.191 e. The van der Waals surface area contributed by atoms with Crippen LogP contribution in [0, 0.1) is 6.92 Å². The fourth-order valence-electron chi connectivity index (χ4n) is 2.41. The summed E-state index contributed by atoms with van der Waals surface area (Å²) in [5.41, 5.74) is 7.26. The summed E-state index contributed by atoms with van der Waals surface area (Å²) in [6.45, 7) is 7.17. The van der Waals surface area contributed by atoms with Gasteiger partial charge < -0.3 is 10.6 Å². The van der Waals surface area contributed by atoms with Gasteiger partial charge in [0.1, 0.15) is 0 Å². The third-order valence-electron chi connectivity index (χ3n) is 3.55. The monoisotopic (exact) mass is 408 g/mol. The predicted molar refractivity (Wildman–Crippen MR) is 97.3 cm³/mol. The van der Waals surface area contributed by atoms with E-state index in [9.17, 15) is 0 Å². The molecule has 0 saturated carbocycles. The highest BCUT2D eigenvalue weighted by molar-refractivity contribution is 14.0. The first-order valence-electron chi connectivity index (χ1n) is 7.20. The van der Waals surface area contributed by atoms with Gasteiger partial charge in [-0.1, -0.05) is 6.92 Å². The van der Waals surface area contributed by atoms with E-state index in [4.69, 9.17) is 5.73 Å². The Morgan fingerprint density at radius 1 is 1.35 bits per heavy atom. The molecule has 2 heterocycles. The van der Waals surface area contributed by atoms with Crippen molar-refractivity contribution in [1.29, 1.82) is 0 Å². The van der Waals surface area contributed by atoms with Crippen molar-refractivity contribution in [3.63, 3.8) is 0 Å². The Labute approximate surface area is 142 Å². The van der Waals surface area contributed by atoms with Crippen LogP contribution in [0.2, 0.25) is 0 Å². The number of aryl methyl sites for hydroxylation is 2. The zero-order valence-electron chi connectivity index (χ0n) is 12.4. The van der Waals surface area contributed by atoms with Crippen LogP contribution in [-0.4, -0.2) is 35.5 Å². The van der Waals surface area contributed by atoms with Gasteiger partial charge in [-0.05, 0) is 32.6 Å². The second-order valence-corrected chi connectivity index (χ2v) is 6.29. The third kappa shape index (κ3) is 4.87. The van der Waals surface area contributed by atoms with Crippen LogP contribution in [0.4, 0.5) is 0 Å². The Hall–Kier alpha value is -0.370. The number of halogens is 1. The SMILES string of the molecule is CCc1nc(CCN=C(N)N2CCCCC2)sc1C.I. The molecule has 1 aromatic rings. The maximum absolute atomic E-state index is 6.03. The highest BCUT2D eigenvalue weighted by Crippen LogP contribution is 2.18. The quantitative estimate of drug-likeness (QED) is 0.474. The van der Waals surface area contributed by atoms with Gasteiger partial charge in [-0.15, -0.1) is 35.3 Å². The number of aromatic nitrogens is 1. The Balaban J connectivity index is 0.00000200. The summed E-state index contributed by atoms with van der Waals surface area (Å²) in [6.07, 6.45) is 5.72. The van der Waals surface area contributed by atoms with Gasteiger partial charge in [-0.25, -0.2) is 4.98 Å². The van der Waals surface area contributed by atoms with Crippen LogP contribution in [0.1, 0.15) is 41.8 Å². The molecule has 0 bridgehead atoms. The van der Waals surface area contributed by atoms with Gasteiger partial charge in [-0.3, -0.25) is 4.99 Å². The molecule has 20 heavy (non-hydrogen) atoms. The Bertz CT molecular complexity index is 438. The molecule has 1 aliphatic rings. The van der Waals surface area contributed by atoms with Gasteiger partial charge in [0, 0.05) is 30.9 Å². The number of piperidine rings is 1. The lowest BCUT2D eigenvalue weighted by atomic mass is 10.1. The molecule has 4 nitrogen and oxygen atoms in total. The van der Waals surface area contributed by atoms with Crippen molar-refractivity contribution in [2.75, 3.05) is 19.6 Å². The van der Waals surface area contributed by atoms with Crippen LogP contribution in [-0.2, 0) is 12.8 Å². The Morgan fingerprint density at radius 2 is 2.05 bits per heavy atom. The highest BCUT2D eigenvalue weighted by Gasteiger charge is 2.11. The second-order valence-electron chi connectivity index (χ2n) is 5.00. The number of hydrogen-bond acceptors (Lipinski definition) is 3. The van der Waals surface area contributed by atoms with Gasteiger partial charge in [0.25, 0.3) is 0 Å². The first kappa shape index (κ1) is 17.7. The van der Waals surface area contributed by atoms with E-state index < -0.39 is 0 Å². The van der Waals surface area contributed by atoms with Crippen LogP contribution in [0.3, 0.4) is 0 Å². The summed E-state index contributed by atoms with van der Waals surface area (Å²) < 4.78 is 0. The summed E-state index contributed by atoms with van der Waals surface area (Å²) in [4.78, 5) is 12.7. The number of rotatable bonds is 4. The molecule has 114 valence electrons. The van der Waals surface area contributed by atoms with Crippen LogP contribution >= 0.6 is 35.3 Å². The molecule has 1 aromatic heterocycles. The van der Waals surface area contributed by atoms with E-state index in [0.717, 1.165) is 32.5 Å². The number of guanidine groups is 1. The average molecular weight is 408 g/mol. The number of hydrogen-bond donors (Lipinski definition) is 1. The zero-order chi connectivity index (χ0) is 13.7. The van der Waals surface area contributed by atoms with Gasteiger partial charge in [-0.2, -0.15) is 0 Å². The van der Waals surface area contributed by atoms with Crippen molar-refractivity contribution >= 4 is 41.3 Å². The van der Waals surface area contributed by atoms with Gasteiger partial charge in [0.2, 0.25) is 0 Å². The largest absolute Gasteiger partial charge is 0.370 e. The van der Waals surface area contributed by atoms with Crippen LogP contribution < -0.4 is 5.73 Å². The maximum Gasteiger partial charge on any atom is 0.191 e. The molecule has 0 atom stereocenters. The summed E-state index contributed by atoms with van der Waals surface area (Å²) in [7, 11) is 0. The van der Waals surface area contributed by atoms with Crippen molar-refractivity contribution in [3.8, 4) is 0 Å². The van der Waals surface area contributed by atoms with E-state index in [1.54, 1.807) is 11.3 Å². The molecule has 0 spiro atoms. The molecule has 0 unspecified atom stereocenters. The normalized spacial score (nSPS) is 16.1. The van der Waals surface area contributed by atoms with Crippen molar-refractivity contribution < 1.29 is 0 Å². The number of nitrogens with two attached hydrogens (primary N) is 1. The molecule has 2 rings (SSSR count). The molecular formula is C14H25IN4S. The summed E-state index contributed by atoms with van der Waals surface area (Å²) in [6, 6.07) is 0. The topological polar surface area (TPSA) is 54.5 Å². The van der Waals surface area contributed by atoms with Crippen LogP contribution in [0.5, 0.6) is 0 Å². The van der Waals surface area contributed by atoms with Crippen molar-refractivity contribution in [2.24, 2.45) is 10.7 Å². The molecule has 0 aromatic carbocycles. The molecule has 2 N–H and O–H groups in total. The van der Waals surface area contributed by atoms with E-state index in [1.165, 1.54) is 34.8 Å². The molecule has 1 saturated heterocycles. The summed E-state index contributed by atoms with van der Waals surface area (Å²) in [5.74, 6) is 0.712. The Kier molecular flexibility index (Phi) is 7.79. The molecule has 1 fully saturated rings. The highest BCUT2D eigenvalue weighted by atomic mass is 127. The lowest BCUT2D eigenvalue weighted by Gasteiger charge is -2.27. The number of likely N-dealkylation sites (tertiary alicyclic amines) is 1. The minimum atomic E-state index is 0. The second kappa shape index (κ2) is 8.81. The number of nitrogens with zero attached hydrogens (tertiary/aromatic N) is 3. The van der Waals surface area contributed by atoms with Gasteiger partial charge in [0.05, 0.1) is 10.7 Å². The Morgan fingerprint density at radius 3 is 2.65 bits per heavy atom. The van der Waals surface area contributed by atoms with E-state index in [0.29, 0.717) is 5.96 Å². The van der Waals surface area contributed by atoms with Crippen molar-refractivity contribution in [1.82, 2.24) is 9.88 Å². The lowest BCUT2D eigenvalue weighted by Crippen LogP contribution is -2.41. The molecule has 6 heteroatoms. The van der Waals surface area contributed by atoms with Gasteiger partial charge in [0.15, 0.2) is 5.96 Å². The zero-order valence-corrected chi connectivity index (χ0v) is 15.5. The van der Waals surface area contributed by atoms with E-state index in [-0.39, 0.29) is 24.0 Å². The van der Waals surface area contributed by atoms with Crippen molar-refractivity contribution in [2.45, 2.75) is 46.0 Å². The maximum atomic E-state index is 6.03. The fourth-order valence-corrected chi connectivity index (χ4v) is 3.42. The molecule has 0 radical (unpaired) electrons. The molecular weight excluding hydrogens is 383 g/mol. The summed E-state index contributed by atoms with van der Waals surface area (Å²) in [5, 5.41) is 1.18. The molecule has 0 amide bonds. The van der Waals surface area contributed by atoms with Crippen LogP contribution in [0.15, 0.2) is 4.99 Å². The van der Waals surface area contributed by atoms with E-state index >= 15 is 0 Å². The van der Waals surface area contributed by atoms with Crippen molar-refractivity contribution in [3.05, 3.63) is 15.6 Å². The number of thiazole rings is 1. The average Bonchev–Trinajstić information content (AvgIpc) is 2.80. The first-order valence-corrected chi connectivity index (χ1v) is 8.02. The van der Waals surface area contributed by atoms with Crippen LogP contribution in [0.25, 0.3) is 0 Å². The lowest BCUT2D eigenvalue weighted by molar-refractivity contribution is 0.338. The van der Waals surface area contributed by atoms with Gasteiger partial charge >= 0.3 is 0 Å². The van der Waals surface area contributed by atoms with E-state index in [1.807, 2.05) is 0 Å². The number of aliphatic imine (C=N–C) groups is 1. The predicted octanol–water partition coefficient (Wildman–Crippen LogP) is 2.98. The third-order valence-corrected chi connectivity index (χ3v) is 4.62. The minimum Gasteiger partial charge on any atom is -0.370 e. The van der Waals surface area contributed by atoms with E-state index in [2.05, 4.69) is 28.7 Å². The minimum absolute atomic E-state index is 0. The standard InChI is InChI=1S/C14H24N4S.HI/c1-3-12-11(2)19-13(17-12)7-8-16-14(15)18-9-5-4-6-10-18;/h3-10H2,1-2H3,(H2,15,16);1H. The fraction of sp³-hybridized carbons (Fsp3) is 0.714. The molecule has 0 aliphatic carbocycles. The first-order chi connectivity index (χ1) is 9.20. The summed E-state index contributed by atoms with van der Waals surface area (Å²) >= 11 is 1.79.